The minimum absolute atomic E-state index is 0.368. The van der Waals surface area contributed by atoms with Crippen molar-refractivity contribution < 1.29 is 4.79 Å². The van der Waals surface area contributed by atoms with Gasteiger partial charge in [0.1, 0.15) is 0 Å². The van der Waals surface area contributed by atoms with Crippen LogP contribution in [-0.2, 0) is 0 Å². The van der Waals surface area contributed by atoms with Crippen LogP contribution in [0.1, 0.15) is 15.9 Å². The Morgan fingerprint density at radius 2 is 2.00 bits per heavy atom. The van der Waals surface area contributed by atoms with Gasteiger partial charge in [-0.15, -0.1) is 0 Å². The minimum atomic E-state index is -1.25. The van der Waals surface area contributed by atoms with Gasteiger partial charge in [-0.25, -0.2) is 0 Å². The molecule has 15 heavy (non-hydrogen) atoms. The normalized spacial score (nSPS) is 9.40. The number of nitrogens with zero attached hydrogens (tertiary/aromatic N) is 2. The van der Waals surface area contributed by atoms with Crippen LogP contribution >= 0.6 is 11.6 Å². The molecular weight excluding hydrogens is 212 g/mol. The summed E-state index contributed by atoms with van der Waals surface area (Å²) in [6.07, 6.45) is 0. The summed E-state index contributed by atoms with van der Waals surface area (Å²) in [4.78, 5) is 11.7. The molecule has 0 fully saturated rings. The summed E-state index contributed by atoms with van der Waals surface area (Å²) in [6, 6.07) is 8.01. The Bertz CT molecular complexity index is 468. The van der Waals surface area contributed by atoms with Gasteiger partial charge in [0.05, 0.1) is 12.1 Å². The molecule has 1 rings (SSSR count). The molecular formula is C11H7ClN2O. The van der Waals surface area contributed by atoms with Gasteiger partial charge >= 0.3 is 0 Å². The van der Waals surface area contributed by atoms with Crippen molar-refractivity contribution in [2.24, 2.45) is 5.92 Å². The van der Waals surface area contributed by atoms with Crippen LogP contribution in [0.25, 0.3) is 0 Å². The quantitative estimate of drug-likeness (QED) is 0.717. The summed E-state index contributed by atoms with van der Waals surface area (Å²) in [5, 5.41) is 17.7. The van der Waals surface area contributed by atoms with Crippen LogP contribution in [0.5, 0.6) is 0 Å². The maximum Gasteiger partial charge on any atom is 0.195 e. The van der Waals surface area contributed by atoms with E-state index in [1.807, 2.05) is 0 Å². The highest BCUT2D eigenvalue weighted by atomic mass is 35.5. The minimum Gasteiger partial charge on any atom is -0.291 e. The van der Waals surface area contributed by atoms with Crippen molar-refractivity contribution in [3.05, 3.63) is 34.3 Å². The average molecular weight is 219 g/mol. The molecule has 0 amide bonds. The van der Waals surface area contributed by atoms with Crippen LogP contribution in [0.15, 0.2) is 18.2 Å². The number of carbonyl (C=O) groups excluding carboxylic acids is 1. The molecule has 0 unspecified atom stereocenters. The fourth-order valence-corrected chi connectivity index (χ4v) is 1.43. The van der Waals surface area contributed by atoms with E-state index in [1.54, 1.807) is 31.2 Å². The Hall–Kier alpha value is -1.84. The molecule has 0 atom stereocenters. The maximum absolute atomic E-state index is 11.7. The van der Waals surface area contributed by atoms with Gasteiger partial charge in [-0.05, 0) is 30.7 Å². The molecule has 0 aliphatic rings. The van der Waals surface area contributed by atoms with Crippen molar-refractivity contribution in [1.82, 2.24) is 0 Å². The average Bonchev–Trinajstić information content (AvgIpc) is 2.19. The number of benzene rings is 1. The second-order valence-corrected chi connectivity index (χ2v) is 3.45. The Morgan fingerprint density at radius 3 is 2.47 bits per heavy atom. The van der Waals surface area contributed by atoms with E-state index in [0.717, 1.165) is 0 Å². The number of aryl methyl sites for hydroxylation is 1. The first-order valence-electron chi connectivity index (χ1n) is 4.19. The van der Waals surface area contributed by atoms with Crippen molar-refractivity contribution in [2.45, 2.75) is 6.92 Å². The lowest BCUT2D eigenvalue weighted by Crippen LogP contribution is -2.12. The Morgan fingerprint density at radius 1 is 1.40 bits per heavy atom. The summed E-state index contributed by atoms with van der Waals surface area (Å²) in [5.41, 5.74) is 1.04. The molecule has 0 heterocycles. The molecule has 0 N–H and O–H groups in total. The summed E-state index contributed by atoms with van der Waals surface area (Å²) in [7, 11) is 0. The standard InChI is InChI=1S/C11H7ClN2O/c1-7-4-9(12)2-3-10(7)11(15)8(5-13)6-14/h2-4,8H,1H3. The number of halogens is 1. The number of hydrogen-bond donors (Lipinski definition) is 0. The van der Waals surface area contributed by atoms with Gasteiger partial charge in [0.25, 0.3) is 0 Å². The summed E-state index contributed by atoms with van der Waals surface area (Å²) in [6.45, 7) is 1.71. The summed E-state index contributed by atoms with van der Waals surface area (Å²) in [5.74, 6) is -1.72. The lowest BCUT2D eigenvalue weighted by Gasteiger charge is -2.04. The molecule has 0 aliphatic heterocycles. The van der Waals surface area contributed by atoms with Gasteiger partial charge in [0.15, 0.2) is 11.7 Å². The van der Waals surface area contributed by atoms with Crippen LogP contribution in [0.4, 0.5) is 0 Å². The Kier molecular flexibility index (Phi) is 3.44. The highest BCUT2D eigenvalue weighted by Crippen LogP contribution is 2.18. The second-order valence-electron chi connectivity index (χ2n) is 3.01. The fourth-order valence-electron chi connectivity index (χ4n) is 1.21. The lowest BCUT2D eigenvalue weighted by atomic mass is 9.96. The van der Waals surface area contributed by atoms with Crippen molar-refractivity contribution in [1.29, 1.82) is 10.5 Å². The molecule has 1 aromatic carbocycles. The molecule has 0 aromatic heterocycles. The van der Waals surface area contributed by atoms with Crippen molar-refractivity contribution in [3.63, 3.8) is 0 Å². The smallest absolute Gasteiger partial charge is 0.195 e. The highest BCUT2D eigenvalue weighted by Gasteiger charge is 2.20. The monoisotopic (exact) mass is 218 g/mol. The third-order valence-electron chi connectivity index (χ3n) is 1.97. The first-order valence-corrected chi connectivity index (χ1v) is 4.57. The Labute approximate surface area is 92.5 Å². The number of rotatable bonds is 2. The van der Waals surface area contributed by atoms with Crippen LogP contribution in [-0.4, -0.2) is 5.78 Å². The van der Waals surface area contributed by atoms with Gasteiger partial charge < -0.3 is 0 Å². The molecule has 0 radical (unpaired) electrons. The second kappa shape index (κ2) is 4.59. The fraction of sp³-hybridized carbons (Fsp3) is 0.182. The molecule has 74 valence electrons. The van der Waals surface area contributed by atoms with Crippen LogP contribution < -0.4 is 0 Å². The number of ketones is 1. The van der Waals surface area contributed by atoms with Gasteiger partial charge in [-0.3, -0.25) is 4.79 Å². The van der Waals surface area contributed by atoms with Gasteiger partial charge in [-0.2, -0.15) is 10.5 Å². The Balaban J connectivity index is 3.14. The highest BCUT2D eigenvalue weighted by molar-refractivity contribution is 6.30. The van der Waals surface area contributed by atoms with Gasteiger partial charge in [0.2, 0.25) is 0 Å². The molecule has 3 nitrogen and oxygen atoms in total. The molecule has 0 spiro atoms. The molecule has 0 aliphatic carbocycles. The third kappa shape index (κ3) is 2.34. The molecule has 0 saturated carbocycles. The summed E-state index contributed by atoms with van der Waals surface area (Å²) < 4.78 is 0. The van der Waals surface area contributed by atoms with Gasteiger partial charge in [-0.1, -0.05) is 11.6 Å². The lowest BCUT2D eigenvalue weighted by molar-refractivity contribution is 0.0970. The summed E-state index contributed by atoms with van der Waals surface area (Å²) >= 11 is 5.73. The maximum atomic E-state index is 11.7. The molecule has 0 bridgehead atoms. The third-order valence-corrected chi connectivity index (χ3v) is 2.21. The zero-order valence-corrected chi connectivity index (χ0v) is 8.75. The largest absolute Gasteiger partial charge is 0.291 e. The van der Waals surface area contributed by atoms with E-state index in [-0.39, 0.29) is 0 Å². The number of nitriles is 2. The molecule has 0 saturated heterocycles. The van der Waals surface area contributed by atoms with Crippen molar-refractivity contribution >= 4 is 17.4 Å². The molecule has 4 heteroatoms. The number of carbonyl (C=O) groups is 1. The van der Waals surface area contributed by atoms with Crippen LogP contribution in [0, 0.1) is 35.5 Å². The van der Waals surface area contributed by atoms with Gasteiger partial charge in [0, 0.05) is 10.6 Å². The van der Waals surface area contributed by atoms with Crippen molar-refractivity contribution in [2.75, 3.05) is 0 Å². The van der Waals surface area contributed by atoms with E-state index in [9.17, 15) is 4.79 Å². The van der Waals surface area contributed by atoms with E-state index in [2.05, 4.69) is 0 Å². The van der Waals surface area contributed by atoms with E-state index >= 15 is 0 Å². The van der Waals surface area contributed by atoms with E-state index in [0.29, 0.717) is 16.1 Å². The van der Waals surface area contributed by atoms with E-state index in [4.69, 9.17) is 22.1 Å². The topological polar surface area (TPSA) is 64.7 Å². The van der Waals surface area contributed by atoms with Crippen LogP contribution in [0.3, 0.4) is 0 Å². The predicted molar refractivity (Wildman–Crippen MR) is 55.2 cm³/mol. The van der Waals surface area contributed by atoms with E-state index in [1.165, 1.54) is 6.07 Å². The number of hydrogen-bond acceptors (Lipinski definition) is 3. The first kappa shape index (κ1) is 11.2. The molecule has 1 aromatic rings. The van der Waals surface area contributed by atoms with E-state index < -0.39 is 11.7 Å². The zero-order chi connectivity index (χ0) is 11.4. The predicted octanol–water partition coefficient (Wildman–Crippen LogP) is 2.49. The van der Waals surface area contributed by atoms with Crippen LogP contribution in [0.2, 0.25) is 5.02 Å². The first-order chi connectivity index (χ1) is 7.10. The van der Waals surface area contributed by atoms with Crippen molar-refractivity contribution in [3.8, 4) is 12.1 Å². The SMILES string of the molecule is Cc1cc(Cl)ccc1C(=O)C(C#N)C#N. The number of Topliss-reactive ketones (excluding diaryl/α,β-unsaturated/α-hetero) is 1. The zero-order valence-electron chi connectivity index (χ0n) is 7.99.